The number of imidazole rings is 1. The summed E-state index contributed by atoms with van der Waals surface area (Å²) in [6, 6.07) is 16.2. The first-order chi connectivity index (χ1) is 19.1. The number of aromatic amines is 2. The molecule has 0 aliphatic heterocycles. The van der Waals surface area contributed by atoms with Gasteiger partial charge in [-0.3, -0.25) is 14.9 Å². The van der Waals surface area contributed by atoms with Crippen molar-refractivity contribution in [1.82, 2.24) is 30.1 Å². The van der Waals surface area contributed by atoms with Gasteiger partial charge in [-0.2, -0.15) is 5.10 Å². The van der Waals surface area contributed by atoms with Crippen LogP contribution in [0.2, 0.25) is 0 Å². The Labute approximate surface area is 222 Å². The Morgan fingerprint density at radius 1 is 0.949 bits per heavy atom. The predicted molar refractivity (Wildman–Crippen MR) is 148 cm³/mol. The fourth-order valence-electron chi connectivity index (χ4n) is 5.35. The molecule has 39 heavy (non-hydrogen) atoms. The van der Waals surface area contributed by atoms with E-state index in [4.69, 9.17) is 4.98 Å². The lowest BCUT2D eigenvalue weighted by Crippen LogP contribution is -2.20. The highest BCUT2D eigenvalue weighted by Crippen LogP contribution is 2.33. The smallest absolute Gasteiger partial charge is 0.227 e. The number of benzene rings is 2. The Kier molecular flexibility index (Phi) is 5.61. The lowest BCUT2D eigenvalue weighted by Gasteiger charge is -2.11. The first-order valence-corrected chi connectivity index (χ1v) is 13.0. The minimum atomic E-state index is -0.281. The first kappa shape index (κ1) is 23.2. The molecular formula is C30H24FN7O. The van der Waals surface area contributed by atoms with Crippen LogP contribution in [-0.4, -0.2) is 36.0 Å². The average Bonchev–Trinajstić information content (AvgIpc) is 3.73. The molecule has 0 bridgehead atoms. The second-order valence-electron chi connectivity index (χ2n) is 9.92. The van der Waals surface area contributed by atoms with Crippen molar-refractivity contribution in [3.05, 3.63) is 79.0 Å². The molecule has 1 amide bonds. The molecule has 0 radical (unpaired) electrons. The number of hydrogen-bond donors (Lipinski definition) is 3. The predicted octanol–water partition coefficient (Wildman–Crippen LogP) is 6.50. The van der Waals surface area contributed by atoms with Crippen LogP contribution in [0.4, 0.5) is 10.1 Å². The van der Waals surface area contributed by atoms with Crippen LogP contribution in [-0.2, 0) is 4.79 Å². The van der Waals surface area contributed by atoms with Crippen LogP contribution in [0.25, 0.3) is 55.8 Å². The Balaban J connectivity index is 1.24. The molecule has 192 valence electrons. The molecular weight excluding hydrogens is 493 g/mol. The SMILES string of the molecule is O=C(Nc1cncc(-c2cnc3[nH]nc(-c4nc5c(-c6ccc(F)cc6)cccc5[nH]4)c3c2)c1)C1CCCC1. The molecule has 8 nitrogen and oxygen atoms in total. The van der Waals surface area contributed by atoms with Crippen molar-refractivity contribution in [1.29, 1.82) is 0 Å². The number of pyridine rings is 2. The molecule has 1 saturated carbocycles. The van der Waals surface area contributed by atoms with E-state index in [2.05, 4.69) is 30.5 Å². The molecule has 1 fully saturated rings. The molecule has 1 aliphatic carbocycles. The number of hydrogen-bond acceptors (Lipinski definition) is 5. The van der Waals surface area contributed by atoms with Gasteiger partial charge < -0.3 is 10.3 Å². The molecule has 0 unspecified atom stereocenters. The van der Waals surface area contributed by atoms with Gasteiger partial charge >= 0.3 is 0 Å². The monoisotopic (exact) mass is 517 g/mol. The van der Waals surface area contributed by atoms with E-state index in [1.165, 1.54) is 12.1 Å². The highest BCUT2D eigenvalue weighted by atomic mass is 19.1. The number of nitrogens with zero attached hydrogens (tertiary/aromatic N) is 4. The van der Waals surface area contributed by atoms with Gasteiger partial charge in [0.05, 0.1) is 28.3 Å². The Hall–Kier alpha value is -4.92. The van der Waals surface area contributed by atoms with E-state index in [9.17, 15) is 9.18 Å². The van der Waals surface area contributed by atoms with Gasteiger partial charge in [-0.25, -0.2) is 14.4 Å². The Morgan fingerprint density at radius 3 is 2.62 bits per heavy atom. The second-order valence-corrected chi connectivity index (χ2v) is 9.92. The van der Waals surface area contributed by atoms with Gasteiger partial charge in [0.1, 0.15) is 11.5 Å². The quantitative estimate of drug-likeness (QED) is 0.242. The van der Waals surface area contributed by atoms with Gasteiger partial charge in [0.15, 0.2) is 11.5 Å². The first-order valence-electron chi connectivity index (χ1n) is 13.0. The summed E-state index contributed by atoms with van der Waals surface area (Å²) in [7, 11) is 0. The van der Waals surface area contributed by atoms with Crippen LogP contribution >= 0.6 is 0 Å². The topological polar surface area (TPSA) is 112 Å². The summed E-state index contributed by atoms with van der Waals surface area (Å²) in [5, 5.41) is 11.3. The summed E-state index contributed by atoms with van der Waals surface area (Å²) in [5.41, 5.74) is 7.02. The molecule has 9 heteroatoms. The summed E-state index contributed by atoms with van der Waals surface area (Å²) in [6.07, 6.45) is 9.27. The van der Waals surface area contributed by atoms with Crippen LogP contribution in [0.1, 0.15) is 25.7 Å². The highest BCUT2D eigenvalue weighted by molar-refractivity contribution is 5.97. The highest BCUT2D eigenvalue weighted by Gasteiger charge is 2.23. The number of halogens is 1. The number of anilines is 1. The number of amides is 1. The third-order valence-electron chi connectivity index (χ3n) is 7.37. The number of aromatic nitrogens is 6. The number of fused-ring (bicyclic) bond motifs is 2. The molecule has 0 saturated heterocycles. The van der Waals surface area contributed by atoms with Crippen molar-refractivity contribution in [3.63, 3.8) is 0 Å². The molecule has 1 aliphatic rings. The molecule has 0 spiro atoms. The molecule has 3 N–H and O–H groups in total. The van der Waals surface area contributed by atoms with Crippen molar-refractivity contribution in [2.75, 3.05) is 5.32 Å². The summed E-state index contributed by atoms with van der Waals surface area (Å²) in [6.45, 7) is 0. The summed E-state index contributed by atoms with van der Waals surface area (Å²) in [4.78, 5) is 29.8. The van der Waals surface area contributed by atoms with E-state index in [0.717, 1.165) is 64.4 Å². The largest absolute Gasteiger partial charge is 0.337 e. The molecule has 4 aromatic heterocycles. The van der Waals surface area contributed by atoms with Crippen LogP contribution in [0, 0.1) is 11.7 Å². The van der Waals surface area contributed by atoms with Crippen molar-refractivity contribution in [3.8, 4) is 33.8 Å². The number of carbonyl (C=O) groups excluding carboxylic acids is 1. The van der Waals surface area contributed by atoms with Gasteiger partial charge in [-0.1, -0.05) is 37.1 Å². The fourth-order valence-corrected chi connectivity index (χ4v) is 5.35. The van der Waals surface area contributed by atoms with Gasteiger partial charge in [-0.15, -0.1) is 0 Å². The molecule has 7 rings (SSSR count). The van der Waals surface area contributed by atoms with E-state index >= 15 is 0 Å². The van der Waals surface area contributed by atoms with Crippen molar-refractivity contribution in [2.24, 2.45) is 5.92 Å². The zero-order valence-corrected chi connectivity index (χ0v) is 20.9. The number of nitrogens with one attached hydrogen (secondary N) is 3. The van der Waals surface area contributed by atoms with Gasteiger partial charge in [-0.05, 0) is 48.7 Å². The maximum atomic E-state index is 13.5. The fraction of sp³-hybridized carbons (Fsp3) is 0.167. The van der Waals surface area contributed by atoms with Gasteiger partial charge in [0.2, 0.25) is 5.91 Å². The van der Waals surface area contributed by atoms with E-state index in [1.807, 2.05) is 30.3 Å². The number of H-pyrrole nitrogens is 2. The van der Waals surface area contributed by atoms with Crippen LogP contribution < -0.4 is 5.32 Å². The van der Waals surface area contributed by atoms with E-state index < -0.39 is 0 Å². The summed E-state index contributed by atoms with van der Waals surface area (Å²) in [5.74, 6) is 0.451. The number of carbonyl (C=O) groups is 1. The Bertz CT molecular complexity index is 1830. The zero-order chi connectivity index (χ0) is 26.3. The van der Waals surface area contributed by atoms with E-state index in [1.54, 1.807) is 30.7 Å². The number of para-hydroxylation sites is 1. The van der Waals surface area contributed by atoms with Gasteiger partial charge in [0, 0.05) is 35.0 Å². The Morgan fingerprint density at radius 2 is 1.77 bits per heavy atom. The molecule has 6 aromatic rings. The second kappa shape index (κ2) is 9.43. The van der Waals surface area contributed by atoms with Crippen molar-refractivity contribution >= 4 is 33.7 Å². The third-order valence-corrected chi connectivity index (χ3v) is 7.37. The van der Waals surface area contributed by atoms with Crippen molar-refractivity contribution in [2.45, 2.75) is 25.7 Å². The lowest BCUT2D eigenvalue weighted by atomic mass is 10.0. The molecule has 0 atom stereocenters. The minimum Gasteiger partial charge on any atom is -0.337 e. The average molecular weight is 518 g/mol. The summed E-state index contributed by atoms with van der Waals surface area (Å²) < 4.78 is 13.5. The van der Waals surface area contributed by atoms with E-state index in [-0.39, 0.29) is 17.6 Å². The summed E-state index contributed by atoms with van der Waals surface area (Å²) >= 11 is 0. The van der Waals surface area contributed by atoms with Crippen LogP contribution in [0.3, 0.4) is 0 Å². The maximum Gasteiger partial charge on any atom is 0.227 e. The minimum absolute atomic E-state index is 0.0574. The van der Waals surface area contributed by atoms with Crippen LogP contribution in [0.5, 0.6) is 0 Å². The normalized spacial score (nSPS) is 13.9. The van der Waals surface area contributed by atoms with Crippen molar-refractivity contribution < 1.29 is 9.18 Å². The van der Waals surface area contributed by atoms with Crippen LogP contribution in [0.15, 0.2) is 73.2 Å². The standard InChI is InChI=1S/C30H24FN7O/c31-21-10-8-17(9-11-21)23-6-3-7-25-26(23)36-29(35-25)27-24-13-20(15-33-28(24)38-37-27)19-12-22(16-32-14-19)34-30(39)18-4-1-2-5-18/h3,6-16,18H,1-2,4-5H2,(H,34,39)(H,35,36)(H,33,37,38). The van der Waals surface area contributed by atoms with E-state index in [0.29, 0.717) is 22.9 Å². The molecule has 4 heterocycles. The molecule has 2 aromatic carbocycles. The number of rotatable bonds is 5. The zero-order valence-electron chi connectivity index (χ0n) is 20.9. The van der Waals surface area contributed by atoms with Gasteiger partial charge in [0.25, 0.3) is 0 Å². The lowest BCUT2D eigenvalue weighted by molar-refractivity contribution is -0.119. The third kappa shape index (κ3) is 4.31. The maximum absolute atomic E-state index is 13.5.